The highest BCUT2D eigenvalue weighted by molar-refractivity contribution is 5.95. The van der Waals surface area contributed by atoms with Crippen LogP contribution in [0.4, 0.5) is 5.69 Å². The molecule has 1 unspecified atom stereocenters. The van der Waals surface area contributed by atoms with Crippen LogP contribution in [0.1, 0.15) is 49.5 Å². The van der Waals surface area contributed by atoms with Crippen LogP contribution in [0.5, 0.6) is 0 Å². The molecule has 25 heavy (non-hydrogen) atoms. The molecule has 0 bridgehead atoms. The molecule has 0 saturated carbocycles. The molecule has 0 aliphatic carbocycles. The molecule has 1 aromatic heterocycles. The number of para-hydroxylation sites is 1. The maximum absolute atomic E-state index is 12.8. The van der Waals surface area contributed by atoms with E-state index in [4.69, 9.17) is 4.42 Å². The van der Waals surface area contributed by atoms with Crippen molar-refractivity contribution in [1.29, 1.82) is 0 Å². The quantitative estimate of drug-likeness (QED) is 0.839. The third-order valence-corrected chi connectivity index (χ3v) is 5.54. The Morgan fingerprint density at radius 3 is 2.88 bits per heavy atom. The molecule has 0 N–H and O–H groups in total. The molecular formula is C21H26N2O2. The third-order valence-electron chi connectivity index (χ3n) is 5.54. The Labute approximate surface area is 149 Å². The zero-order chi connectivity index (χ0) is 17.1. The summed E-state index contributed by atoms with van der Waals surface area (Å²) in [5.41, 5.74) is 2.39. The maximum atomic E-state index is 12.8. The number of hydrogen-bond acceptors (Lipinski definition) is 3. The van der Waals surface area contributed by atoms with Crippen molar-refractivity contribution < 1.29 is 9.21 Å². The largest absolute Gasteiger partial charge is 0.468 e. The summed E-state index contributed by atoms with van der Waals surface area (Å²) in [6.45, 7) is 2.68. The SMILES string of the molecule is O=C(CCN1CCCCCC1c1ccco1)N1CCc2ccccc21. The van der Waals surface area contributed by atoms with Gasteiger partial charge in [-0.15, -0.1) is 0 Å². The van der Waals surface area contributed by atoms with Gasteiger partial charge >= 0.3 is 0 Å². The maximum Gasteiger partial charge on any atom is 0.228 e. The van der Waals surface area contributed by atoms with Gasteiger partial charge in [-0.3, -0.25) is 9.69 Å². The second kappa shape index (κ2) is 7.44. The van der Waals surface area contributed by atoms with E-state index < -0.39 is 0 Å². The van der Waals surface area contributed by atoms with E-state index in [1.54, 1.807) is 6.26 Å². The predicted octanol–water partition coefficient (Wildman–Crippen LogP) is 4.18. The molecule has 1 aromatic carbocycles. The number of furan rings is 1. The first kappa shape index (κ1) is 16.4. The van der Waals surface area contributed by atoms with Gasteiger partial charge in [-0.2, -0.15) is 0 Å². The van der Waals surface area contributed by atoms with Crippen molar-refractivity contribution in [1.82, 2.24) is 4.90 Å². The molecule has 132 valence electrons. The smallest absolute Gasteiger partial charge is 0.228 e. The van der Waals surface area contributed by atoms with Crippen molar-refractivity contribution in [3.63, 3.8) is 0 Å². The third kappa shape index (κ3) is 3.49. The van der Waals surface area contributed by atoms with Gasteiger partial charge in [0, 0.05) is 25.2 Å². The average Bonchev–Trinajstić information content (AvgIpc) is 3.26. The number of carbonyl (C=O) groups excluding carboxylic acids is 1. The highest BCUT2D eigenvalue weighted by Gasteiger charge is 2.28. The fraction of sp³-hybridized carbons (Fsp3) is 0.476. The van der Waals surface area contributed by atoms with Crippen LogP contribution in [0, 0.1) is 0 Å². The monoisotopic (exact) mass is 338 g/mol. The average molecular weight is 338 g/mol. The molecule has 3 heterocycles. The molecule has 2 aliphatic rings. The van der Waals surface area contributed by atoms with Crippen LogP contribution in [0.25, 0.3) is 0 Å². The van der Waals surface area contributed by atoms with Gasteiger partial charge in [-0.1, -0.05) is 31.0 Å². The molecule has 1 amide bonds. The van der Waals surface area contributed by atoms with E-state index in [1.165, 1.54) is 24.8 Å². The van der Waals surface area contributed by atoms with E-state index in [-0.39, 0.29) is 5.91 Å². The number of benzene rings is 1. The van der Waals surface area contributed by atoms with Crippen LogP contribution in [0.2, 0.25) is 0 Å². The van der Waals surface area contributed by atoms with Gasteiger partial charge in [-0.05, 0) is 49.6 Å². The first-order valence-corrected chi connectivity index (χ1v) is 9.48. The molecule has 1 saturated heterocycles. The molecule has 0 spiro atoms. The molecule has 1 fully saturated rings. The van der Waals surface area contributed by atoms with Gasteiger partial charge in [0.25, 0.3) is 0 Å². The van der Waals surface area contributed by atoms with E-state index in [0.717, 1.165) is 43.9 Å². The fourth-order valence-electron chi connectivity index (χ4n) is 4.21. The van der Waals surface area contributed by atoms with E-state index in [0.29, 0.717) is 12.5 Å². The standard InChI is InChI=1S/C21H26N2O2/c24-21(23-15-11-17-7-3-4-8-18(17)23)12-14-22-13-5-1-2-9-19(22)20-10-6-16-25-20/h3-4,6-8,10,16,19H,1-2,5,9,11-15H2. The van der Waals surface area contributed by atoms with Gasteiger partial charge in [0.15, 0.2) is 0 Å². The second-order valence-electron chi connectivity index (χ2n) is 7.09. The van der Waals surface area contributed by atoms with Gasteiger partial charge in [-0.25, -0.2) is 0 Å². The first-order chi connectivity index (χ1) is 12.3. The van der Waals surface area contributed by atoms with Crippen molar-refractivity contribution in [3.05, 3.63) is 54.0 Å². The van der Waals surface area contributed by atoms with Crippen molar-refractivity contribution in [2.24, 2.45) is 0 Å². The van der Waals surface area contributed by atoms with Crippen molar-refractivity contribution in [2.75, 3.05) is 24.5 Å². The lowest BCUT2D eigenvalue weighted by Crippen LogP contribution is -2.35. The van der Waals surface area contributed by atoms with Gasteiger partial charge in [0.1, 0.15) is 5.76 Å². The number of anilines is 1. The highest BCUT2D eigenvalue weighted by Crippen LogP contribution is 2.31. The Morgan fingerprint density at radius 1 is 1.08 bits per heavy atom. The summed E-state index contributed by atoms with van der Waals surface area (Å²) in [7, 11) is 0. The molecule has 1 atom stereocenters. The van der Waals surface area contributed by atoms with Crippen LogP contribution in [-0.2, 0) is 11.2 Å². The molecule has 0 radical (unpaired) electrons. The predicted molar refractivity (Wildman–Crippen MR) is 98.6 cm³/mol. The van der Waals surface area contributed by atoms with Crippen LogP contribution in [0.3, 0.4) is 0 Å². The Balaban J connectivity index is 1.42. The molecule has 4 nitrogen and oxygen atoms in total. The Bertz CT molecular complexity index is 710. The number of rotatable bonds is 4. The van der Waals surface area contributed by atoms with Crippen LogP contribution in [-0.4, -0.2) is 30.4 Å². The first-order valence-electron chi connectivity index (χ1n) is 9.48. The van der Waals surface area contributed by atoms with E-state index in [1.807, 2.05) is 17.0 Å². The van der Waals surface area contributed by atoms with Gasteiger partial charge in [0.05, 0.1) is 12.3 Å². The lowest BCUT2D eigenvalue weighted by molar-refractivity contribution is -0.119. The van der Waals surface area contributed by atoms with Crippen LogP contribution < -0.4 is 4.90 Å². The highest BCUT2D eigenvalue weighted by atomic mass is 16.3. The fourth-order valence-corrected chi connectivity index (χ4v) is 4.21. The second-order valence-corrected chi connectivity index (χ2v) is 7.09. The Kier molecular flexibility index (Phi) is 4.88. The number of hydrogen-bond donors (Lipinski definition) is 0. The minimum atomic E-state index is 0.243. The van der Waals surface area contributed by atoms with Gasteiger partial charge in [0.2, 0.25) is 5.91 Å². The molecule has 4 heteroatoms. The van der Waals surface area contributed by atoms with E-state index in [2.05, 4.69) is 29.2 Å². The van der Waals surface area contributed by atoms with Crippen molar-refractivity contribution in [2.45, 2.75) is 44.6 Å². The topological polar surface area (TPSA) is 36.7 Å². The lowest BCUT2D eigenvalue weighted by atomic mass is 10.1. The summed E-state index contributed by atoms with van der Waals surface area (Å²) < 4.78 is 5.67. The lowest BCUT2D eigenvalue weighted by Gasteiger charge is -2.29. The van der Waals surface area contributed by atoms with E-state index in [9.17, 15) is 4.79 Å². The zero-order valence-electron chi connectivity index (χ0n) is 14.7. The zero-order valence-corrected chi connectivity index (χ0v) is 14.7. The van der Waals surface area contributed by atoms with Crippen molar-refractivity contribution >= 4 is 11.6 Å². The van der Waals surface area contributed by atoms with Crippen molar-refractivity contribution in [3.8, 4) is 0 Å². The number of nitrogens with zero attached hydrogens (tertiary/aromatic N) is 2. The number of amides is 1. The molecule has 2 aromatic rings. The minimum absolute atomic E-state index is 0.243. The molecular weight excluding hydrogens is 312 g/mol. The summed E-state index contributed by atoms with van der Waals surface area (Å²) in [6.07, 6.45) is 8.12. The summed E-state index contributed by atoms with van der Waals surface area (Å²) in [5, 5.41) is 0. The summed E-state index contributed by atoms with van der Waals surface area (Å²) >= 11 is 0. The summed E-state index contributed by atoms with van der Waals surface area (Å²) in [4.78, 5) is 17.2. The normalized spacial score (nSPS) is 21.1. The molecule has 4 rings (SSSR count). The van der Waals surface area contributed by atoms with Gasteiger partial charge < -0.3 is 9.32 Å². The molecule has 2 aliphatic heterocycles. The number of likely N-dealkylation sites (tertiary alicyclic amines) is 1. The summed E-state index contributed by atoms with van der Waals surface area (Å²) in [6, 6.07) is 12.6. The Morgan fingerprint density at radius 2 is 2.00 bits per heavy atom. The summed E-state index contributed by atoms with van der Waals surface area (Å²) in [5.74, 6) is 1.29. The Hall–Kier alpha value is -2.07. The van der Waals surface area contributed by atoms with Crippen LogP contribution >= 0.6 is 0 Å². The number of fused-ring (bicyclic) bond motifs is 1. The number of carbonyl (C=O) groups is 1. The van der Waals surface area contributed by atoms with E-state index >= 15 is 0 Å². The minimum Gasteiger partial charge on any atom is -0.468 e. The van der Waals surface area contributed by atoms with Crippen LogP contribution in [0.15, 0.2) is 47.1 Å².